The fraction of sp³-hybridized carbons (Fsp3) is 0.533. The van der Waals surface area contributed by atoms with Crippen molar-refractivity contribution < 1.29 is 18.3 Å². The second-order valence-corrected chi connectivity index (χ2v) is 8.71. The number of aliphatic carboxylic acids is 1. The number of carbonyl (C=O) groups is 1. The van der Waals surface area contributed by atoms with Crippen LogP contribution in [0.25, 0.3) is 0 Å². The molecule has 0 saturated carbocycles. The van der Waals surface area contributed by atoms with Gasteiger partial charge in [-0.2, -0.15) is 4.31 Å². The summed E-state index contributed by atoms with van der Waals surface area (Å²) in [5.41, 5.74) is 0.645. The van der Waals surface area contributed by atoms with E-state index in [4.69, 9.17) is 28.3 Å². The molecule has 2 rings (SSSR count). The molecule has 0 aromatic heterocycles. The van der Waals surface area contributed by atoms with Gasteiger partial charge in [-0.05, 0) is 44.5 Å². The van der Waals surface area contributed by atoms with E-state index in [1.807, 2.05) is 0 Å². The van der Waals surface area contributed by atoms with Gasteiger partial charge in [-0.1, -0.05) is 23.2 Å². The standard InChI is InChI=1S/C15H20Cl2N2O4S/c1-10-13(16)7-12(8-14(10)17)24(22,23)19-5-3-11(4-6-19)18(2)9-15(20)21/h7-8,11H,3-6,9H2,1-2H3,(H,20,21). The zero-order valence-electron chi connectivity index (χ0n) is 13.5. The van der Waals surface area contributed by atoms with Gasteiger partial charge in [0.15, 0.2) is 0 Å². The van der Waals surface area contributed by atoms with Crippen LogP contribution in [0.2, 0.25) is 10.0 Å². The van der Waals surface area contributed by atoms with Crippen molar-refractivity contribution in [3.8, 4) is 0 Å². The second kappa shape index (κ2) is 7.58. The van der Waals surface area contributed by atoms with E-state index in [2.05, 4.69) is 0 Å². The smallest absolute Gasteiger partial charge is 0.317 e. The molecule has 1 aliphatic heterocycles. The lowest BCUT2D eigenvalue weighted by Crippen LogP contribution is -2.46. The second-order valence-electron chi connectivity index (χ2n) is 5.96. The van der Waals surface area contributed by atoms with E-state index >= 15 is 0 Å². The lowest BCUT2D eigenvalue weighted by Gasteiger charge is -2.35. The zero-order chi connectivity index (χ0) is 18.1. The van der Waals surface area contributed by atoms with Crippen molar-refractivity contribution in [1.29, 1.82) is 0 Å². The van der Waals surface area contributed by atoms with Crippen LogP contribution in [0.3, 0.4) is 0 Å². The predicted octanol–water partition coefficient (Wildman–Crippen LogP) is 2.47. The Morgan fingerprint density at radius 3 is 2.25 bits per heavy atom. The predicted molar refractivity (Wildman–Crippen MR) is 93.2 cm³/mol. The molecule has 0 radical (unpaired) electrons. The first-order chi connectivity index (χ1) is 11.1. The summed E-state index contributed by atoms with van der Waals surface area (Å²) in [7, 11) is -1.93. The van der Waals surface area contributed by atoms with Gasteiger partial charge in [0, 0.05) is 29.2 Å². The fourth-order valence-electron chi connectivity index (χ4n) is 2.79. The number of piperidine rings is 1. The molecule has 1 aromatic rings. The van der Waals surface area contributed by atoms with Gasteiger partial charge in [0.2, 0.25) is 10.0 Å². The number of hydrogen-bond donors (Lipinski definition) is 1. The Morgan fingerprint density at radius 2 is 1.79 bits per heavy atom. The number of benzene rings is 1. The highest BCUT2D eigenvalue weighted by Crippen LogP contribution is 2.30. The number of likely N-dealkylation sites (N-methyl/N-ethyl adjacent to an activating group) is 1. The van der Waals surface area contributed by atoms with Crippen molar-refractivity contribution in [3.05, 3.63) is 27.7 Å². The van der Waals surface area contributed by atoms with Gasteiger partial charge < -0.3 is 5.11 Å². The highest BCUT2D eigenvalue weighted by molar-refractivity contribution is 7.89. The SMILES string of the molecule is Cc1c(Cl)cc(S(=O)(=O)N2CCC(N(C)CC(=O)O)CC2)cc1Cl. The fourth-order valence-corrected chi connectivity index (χ4v) is 4.93. The molecule has 0 atom stereocenters. The quantitative estimate of drug-likeness (QED) is 0.829. The highest BCUT2D eigenvalue weighted by Gasteiger charge is 2.31. The third kappa shape index (κ3) is 4.21. The van der Waals surface area contributed by atoms with E-state index in [0.29, 0.717) is 41.5 Å². The van der Waals surface area contributed by atoms with Crippen LogP contribution in [0, 0.1) is 6.92 Å². The number of carboxylic acids is 1. The average Bonchev–Trinajstić information content (AvgIpc) is 2.51. The van der Waals surface area contributed by atoms with Gasteiger partial charge in [-0.25, -0.2) is 8.42 Å². The molecule has 134 valence electrons. The van der Waals surface area contributed by atoms with Crippen LogP contribution < -0.4 is 0 Å². The topological polar surface area (TPSA) is 77.9 Å². The van der Waals surface area contributed by atoms with Crippen molar-refractivity contribution in [3.63, 3.8) is 0 Å². The minimum Gasteiger partial charge on any atom is -0.480 e. The third-order valence-electron chi connectivity index (χ3n) is 4.32. The summed E-state index contributed by atoms with van der Waals surface area (Å²) in [4.78, 5) is 12.6. The first-order valence-electron chi connectivity index (χ1n) is 7.50. The molecule has 0 unspecified atom stereocenters. The Balaban J connectivity index is 2.12. The van der Waals surface area contributed by atoms with Gasteiger partial charge >= 0.3 is 5.97 Å². The molecule has 0 aliphatic carbocycles. The number of nitrogens with zero attached hydrogens (tertiary/aromatic N) is 2. The number of halogens is 2. The van der Waals surface area contributed by atoms with Crippen molar-refractivity contribution in [2.75, 3.05) is 26.7 Å². The van der Waals surface area contributed by atoms with Crippen LogP contribution in [-0.2, 0) is 14.8 Å². The molecule has 6 nitrogen and oxygen atoms in total. The van der Waals surface area contributed by atoms with E-state index in [1.165, 1.54) is 16.4 Å². The summed E-state index contributed by atoms with van der Waals surface area (Å²) < 4.78 is 26.9. The lowest BCUT2D eigenvalue weighted by atomic mass is 10.1. The maximum absolute atomic E-state index is 12.8. The molecule has 1 aliphatic rings. The summed E-state index contributed by atoms with van der Waals surface area (Å²) in [6, 6.07) is 2.89. The van der Waals surface area contributed by atoms with Crippen LogP contribution >= 0.6 is 23.2 Å². The van der Waals surface area contributed by atoms with Crippen molar-refractivity contribution >= 4 is 39.2 Å². The highest BCUT2D eigenvalue weighted by atomic mass is 35.5. The van der Waals surface area contributed by atoms with Crippen LogP contribution in [0.1, 0.15) is 18.4 Å². The van der Waals surface area contributed by atoms with Gasteiger partial charge in [-0.15, -0.1) is 0 Å². The molecular formula is C15H20Cl2N2O4S. The summed E-state index contributed by atoms with van der Waals surface area (Å²) >= 11 is 12.1. The van der Waals surface area contributed by atoms with Crippen molar-refractivity contribution in [1.82, 2.24) is 9.21 Å². The maximum Gasteiger partial charge on any atom is 0.317 e. The molecular weight excluding hydrogens is 375 g/mol. The Labute approximate surface area is 152 Å². The summed E-state index contributed by atoms with van der Waals surface area (Å²) in [5.74, 6) is -0.892. The molecule has 0 amide bonds. The van der Waals surface area contributed by atoms with Crippen LogP contribution in [0.15, 0.2) is 17.0 Å². The molecule has 1 heterocycles. The van der Waals surface area contributed by atoms with Crippen molar-refractivity contribution in [2.24, 2.45) is 0 Å². The molecule has 0 spiro atoms. The number of rotatable bonds is 5. The molecule has 9 heteroatoms. The molecule has 1 N–H and O–H groups in total. The van der Waals surface area contributed by atoms with Gasteiger partial charge in [0.25, 0.3) is 0 Å². The lowest BCUT2D eigenvalue weighted by molar-refractivity contribution is -0.138. The van der Waals surface area contributed by atoms with Gasteiger partial charge in [-0.3, -0.25) is 9.69 Å². The average molecular weight is 395 g/mol. The Kier molecular flexibility index (Phi) is 6.14. The van der Waals surface area contributed by atoms with Gasteiger partial charge in [0.1, 0.15) is 0 Å². The maximum atomic E-state index is 12.8. The minimum atomic E-state index is -3.67. The number of hydrogen-bond acceptors (Lipinski definition) is 4. The first-order valence-corrected chi connectivity index (χ1v) is 9.70. The van der Waals surface area contributed by atoms with Crippen LogP contribution in [0.4, 0.5) is 0 Å². The normalized spacial score (nSPS) is 17.4. The third-order valence-corrected chi connectivity index (χ3v) is 6.99. The van der Waals surface area contributed by atoms with E-state index < -0.39 is 16.0 Å². The van der Waals surface area contributed by atoms with Crippen molar-refractivity contribution in [2.45, 2.75) is 30.7 Å². The first kappa shape index (κ1) is 19.5. The summed E-state index contributed by atoms with van der Waals surface area (Å²) in [6.45, 7) is 2.34. The molecule has 24 heavy (non-hydrogen) atoms. The molecule has 1 saturated heterocycles. The molecule has 0 bridgehead atoms. The largest absolute Gasteiger partial charge is 0.480 e. The van der Waals surface area contributed by atoms with E-state index in [0.717, 1.165) is 0 Å². The monoisotopic (exact) mass is 394 g/mol. The Morgan fingerprint density at radius 1 is 1.29 bits per heavy atom. The molecule has 1 aromatic carbocycles. The minimum absolute atomic E-state index is 0.0535. The Bertz CT molecular complexity index is 708. The number of carboxylic acid groups (broad SMARTS) is 1. The van der Waals surface area contributed by atoms with Gasteiger partial charge in [0.05, 0.1) is 11.4 Å². The van der Waals surface area contributed by atoms with E-state index in [-0.39, 0.29) is 17.5 Å². The summed E-state index contributed by atoms with van der Waals surface area (Å²) in [5, 5.41) is 9.48. The molecule has 1 fully saturated rings. The zero-order valence-corrected chi connectivity index (χ0v) is 15.8. The van der Waals surface area contributed by atoms with E-state index in [1.54, 1.807) is 18.9 Å². The van der Waals surface area contributed by atoms with Crippen LogP contribution in [-0.4, -0.2) is 61.4 Å². The Hall–Kier alpha value is -0.860. The number of sulfonamides is 1. The summed E-state index contributed by atoms with van der Waals surface area (Å²) in [6.07, 6.45) is 1.16. The van der Waals surface area contributed by atoms with Crippen LogP contribution in [0.5, 0.6) is 0 Å². The van der Waals surface area contributed by atoms with E-state index in [9.17, 15) is 13.2 Å².